The summed E-state index contributed by atoms with van der Waals surface area (Å²) in [6, 6.07) is 5.68. The largest absolute Gasteiger partial charge is 0.309 e. The number of nitrogens with zero attached hydrogens (tertiary/aromatic N) is 5. The highest BCUT2D eigenvalue weighted by atomic mass is 16.2. The molecule has 3 aromatic heterocycles. The fourth-order valence-corrected chi connectivity index (χ4v) is 3.25. The van der Waals surface area contributed by atoms with Crippen LogP contribution in [0.4, 0.5) is 5.82 Å². The van der Waals surface area contributed by atoms with Gasteiger partial charge in [0.1, 0.15) is 5.82 Å². The van der Waals surface area contributed by atoms with Gasteiger partial charge in [-0.25, -0.2) is 9.97 Å². The summed E-state index contributed by atoms with van der Waals surface area (Å²) in [6.45, 7) is 0.958. The van der Waals surface area contributed by atoms with Crippen molar-refractivity contribution in [3.8, 4) is 11.3 Å². The third-order valence-corrected chi connectivity index (χ3v) is 4.65. The van der Waals surface area contributed by atoms with Crippen LogP contribution in [0.25, 0.3) is 22.2 Å². The van der Waals surface area contributed by atoms with Crippen LogP contribution in [0.15, 0.2) is 36.8 Å². The maximum Gasteiger partial charge on any atom is 0.242 e. The summed E-state index contributed by atoms with van der Waals surface area (Å²) in [7, 11) is 3.86. The summed E-state index contributed by atoms with van der Waals surface area (Å²) >= 11 is 0. The Morgan fingerprint density at radius 3 is 2.88 bits per heavy atom. The number of fused-ring (bicyclic) bond motifs is 1. The highest BCUT2D eigenvalue weighted by Crippen LogP contribution is 2.22. The number of hydrogen-bond acceptors (Lipinski definition) is 5. The zero-order valence-corrected chi connectivity index (χ0v) is 14.3. The third-order valence-electron chi connectivity index (χ3n) is 4.65. The lowest BCUT2D eigenvalue weighted by Crippen LogP contribution is -2.37. The molecule has 0 bridgehead atoms. The number of aryl methyl sites for hydroxylation is 1. The Morgan fingerprint density at radius 2 is 2.16 bits per heavy atom. The summed E-state index contributed by atoms with van der Waals surface area (Å²) in [5.74, 6) is 0.531. The SMILES string of the molecule is CN1CCC[C@@H]1C(=O)Nc1cc2nc(-c3cnn(C)c3)ccc2cn1. The predicted molar refractivity (Wildman–Crippen MR) is 96.0 cm³/mol. The molecular weight excluding hydrogens is 316 g/mol. The molecule has 3 aromatic rings. The molecule has 1 aliphatic heterocycles. The van der Waals surface area contributed by atoms with Gasteiger partial charge < -0.3 is 5.32 Å². The van der Waals surface area contributed by atoms with Crippen LogP contribution in [0.2, 0.25) is 0 Å². The summed E-state index contributed by atoms with van der Waals surface area (Å²) in [5.41, 5.74) is 2.60. The van der Waals surface area contributed by atoms with Crippen molar-refractivity contribution in [2.24, 2.45) is 7.05 Å². The maximum absolute atomic E-state index is 12.4. The minimum atomic E-state index is -0.0767. The first-order chi connectivity index (χ1) is 12.1. The molecule has 0 aromatic carbocycles. The van der Waals surface area contributed by atoms with Crippen molar-refractivity contribution in [3.63, 3.8) is 0 Å². The third kappa shape index (κ3) is 3.10. The smallest absolute Gasteiger partial charge is 0.242 e. The van der Waals surface area contributed by atoms with E-state index in [2.05, 4.69) is 25.3 Å². The van der Waals surface area contributed by atoms with Gasteiger partial charge in [0.25, 0.3) is 0 Å². The summed E-state index contributed by atoms with van der Waals surface area (Å²) in [4.78, 5) is 23.5. The van der Waals surface area contributed by atoms with E-state index in [0.717, 1.165) is 41.5 Å². The molecular formula is C18H20N6O. The van der Waals surface area contributed by atoms with E-state index in [9.17, 15) is 4.79 Å². The molecule has 0 saturated carbocycles. The number of likely N-dealkylation sites (tertiary alicyclic amines) is 1. The zero-order valence-electron chi connectivity index (χ0n) is 14.3. The number of aromatic nitrogens is 4. The molecule has 7 heteroatoms. The summed E-state index contributed by atoms with van der Waals surface area (Å²) < 4.78 is 1.75. The number of carbonyl (C=O) groups is 1. The fourth-order valence-electron chi connectivity index (χ4n) is 3.25. The molecule has 1 atom stereocenters. The molecule has 25 heavy (non-hydrogen) atoms. The molecule has 1 amide bonds. The number of pyridine rings is 2. The number of carbonyl (C=O) groups excluding carboxylic acids is 1. The molecule has 1 N–H and O–H groups in total. The van der Waals surface area contributed by atoms with Gasteiger partial charge >= 0.3 is 0 Å². The molecule has 1 aliphatic rings. The first-order valence-corrected chi connectivity index (χ1v) is 8.37. The molecule has 0 unspecified atom stereocenters. The Morgan fingerprint density at radius 1 is 1.28 bits per heavy atom. The molecule has 7 nitrogen and oxygen atoms in total. The van der Waals surface area contributed by atoms with E-state index >= 15 is 0 Å². The van der Waals surface area contributed by atoms with E-state index in [1.165, 1.54) is 0 Å². The molecule has 0 aliphatic carbocycles. The molecule has 1 fully saturated rings. The number of rotatable bonds is 3. The lowest BCUT2D eigenvalue weighted by atomic mass is 10.2. The molecule has 1 saturated heterocycles. The minimum Gasteiger partial charge on any atom is -0.309 e. The van der Waals surface area contributed by atoms with Crippen molar-refractivity contribution >= 4 is 22.6 Å². The van der Waals surface area contributed by atoms with Crippen LogP contribution >= 0.6 is 0 Å². The number of amides is 1. The van der Waals surface area contributed by atoms with Gasteiger partial charge in [-0.2, -0.15) is 5.10 Å². The van der Waals surface area contributed by atoms with Crippen LogP contribution in [0.3, 0.4) is 0 Å². The highest BCUT2D eigenvalue weighted by molar-refractivity contribution is 5.95. The maximum atomic E-state index is 12.4. The quantitative estimate of drug-likeness (QED) is 0.792. The van der Waals surface area contributed by atoms with Crippen LogP contribution < -0.4 is 5.32 Å². The van der Waals surface area contributed by atoms with Gasteiger partial charge in [-0.15, -0.1) is 0 Å². The van der Waals surface area contributed by atoms with E-state index in [-0.39, 0.29) is 11.9 Å². The zero-order chi connectivity index (χ0) is 17.4. The van der Waals surface area contributed by atoms with Crippen LogP contribution in [-0.2, 0) is 11.8 Å². The monoisotopic (exact) mass is 336 g/mol. The lowest BCUT2D eigenvalue weighted by Gasteiger charge is -2.18. The van der Waals surface area contributed by atoms with Gasteiger partial charge in [-0.3, -0.25) is 14.4 Å². The minimum absolute atomic E-state index is 0.00439. The molecule has 0 spiro atoms. The number of hydrogen-bond donors (Lipinski definition) is 1. The topological polar surface area (TPSA) is 75.9 Å². The molecule has 128 valence electrons. The van der Waals surface area contributed by atoms with Crippen LogP contribution in [0, 0.1) is 0 Å². The summed E-state index contributed by atoms with van der Waals surface area (Å²) in [5, 5.41) is 8.04. The second-order valence-electron chi connectivity index (χ2n) is 6.49. The van der Waals surface area contributed by atoms with E-state index in [0.29, 0.717) is 5.82 Å². The average Bonchev–Trinajstić information content (AvgIpc) is 3.22. The Balaban J connectivity index is 1.61. The van der Waals surface area contributed by atoms with Crippen LogP contribution in [-0.4, -0.2) is 50.2 Å². The van der Waals surface area contributed by atoms with Crippen molar-refractivity contribution < 1.29 is 4.79 Å². The van der Waals surface area contributed by atoms with E-state index in [1.54, 1.807) is 17.1 Å². The van der Waals surface area contributed by atoms with Crippen molar-refractivity contribution in [1.82, 2.24) is 24.6 Å². The van der Waals surface area contributed by atoms with Crippen molar-refractivity contribution in [3.05, 3.63) is 36.8 Å². The first kappa shape index (κ1) is 15.7. The van der Waals surface area contributed by atoms with Crippen LogP contribution in [0.5, 0.6) is 0 Å². The van der Waals surface area contributed by atoms with E-state index in [1.807, 2.05) is 38.5 Å². The molecule has 4 heterocycles. The lowest BCUT2D eigenvalue weighted by molar-refractivity contribution is -0.119. The first-order valence-electron chi connectivity index (χ1n) is 8.37. The van der Waals surface area contributed by atoms with Gasteiger partial charge in [0, 0.05) is 36.5 Å². The van der Waals surface area contributed by atoms with Gasteiger partial charge in [0.15, 0.2) is 0 Å². The van der Waals surface area contributed by atoms with Crippen molar-refractivity contribution in [2.75, 3.05) is 18.9 Å². The van der Waals surface area contributed by atoms with Crippen molar-refractivity contribution in [2.45, 2.75) is 18.9 Å². The number of anilines is 1. The number of likely N-dealkylation sites (N-methyl/N-ethyl adjacent to an activating group) is 1. The Hall–Kier alpha value is -2.80. The van der Waals surface area contributed by atoms with E-state index in [4.69, 9.17) is 0 Å². The average molecular weight is 336 g/mol. The van der Waals surface area contributed by atoms with Crippen LogP contribution in [0.1, 0.15) is 12.8 Å². The second-order valence-corrected chi connectivity index (χ2v) is 6.49. The Kier molecular flexibility index (Phi) is 3.93. The van der Waals surface area contributed by atoms with Gasteiger partial charge in [0.2, 0.25) is 5.91 Å². The predicted octanol–water partition coefficient (Wildman–Crippen LogP) is 2.06. The summed E-state index contributed by atoms with van der Waals surface area (Å²) in [6.07, 6.45) is 7.39. The number of nitrogens with one attached hydrogen (secondary N) is 1. The Bertz CT molecular complexity index is 934. The Labute approximate surface area is 145 Å². The van der Waals surface area contributed by atoms with Gasteiger partial charge in [-0.1, -0.05) is 0 Å². The highest BCUT2D eigenvalue weighted by Gasteiger charge is 2.27. The second kappa shape index (κ2) is 6.25. The molecule has 4 rings (SSSR count). The van der Waals surface area contributed by atoms with E-state index < -0.39 is 0 Å². The fraction of sp³-hybridized carbons (Fsp3) is 0.333. The van der Waals surface area contributed by atoms with Gasteiger partial charge in [0.05, 0.1) is 23.4 Å². The molecule has 0 radical (unpaired) electrons. The standard InChI is InChI=1S/C18H20N6O/c1-23-7-3-4-16(23)18(25)22-17-8-15-12(9-19-17)5-6-14(21-15)13-10-20-24(2)11-13/h5-6,8-11,16H,3-4,7H2,1-2H3,(H,19,22,25)/t16-/m1/s1. The van der Waals surface area contributed by atoms with Crippen molar-refractivity contribution in [1.29, 1.82) is 0 Å². The van der Waals surface area contributed by atoms with Gasteiger partial charge in [-0.05, 0) is 38.6 Å². The normalized spacial score (nSPS) is 17.9.